The number of carbonyl (C=O) groups excluding carboxylic acids is 1. The van der Waals surface area contributed by atoms with Crippen molar-refractivity contribution in [2.75, 3.05) is 23.8 Å². The van der Waals surface area contributed by atoms with Gasteiger partial charge in [0, 0.05) is 0 Å². The van der Waals surface area contributed by atoms with Crippen LogP contribution >= 0.6 is 0 Å². The molecule has 0 aliphatic heterocycles. The third-order valence-corrected chi connectivity index (χ3v) is 4.03. The Morgan fingerprint density at radius 2 is 2.08 bits per heavy atom. The summed E-state index contributed by atoms with van der Waals surface area (Å²) in [4.78, 5) is 16.3. The molecular formula is C19H25N3O3. The SMILES string of the molecule is CCC(CO)Nc1ccc(NC(=O)COc2cccc(C)c2C)cn1. The second-order valence-corrected chi connectivity index (χ2v) is 5.90. The van der Waals surface area contributed by atoms with Gasteiger partial charge in [0.2, 0.25) is 0 Å². The zero-order valence-electron chi connectivity index (χ0n) is 14.9. The highest BCUT2D eigenvalue weighted by Gasteiger charge is 2.08. The summed E-state index contributed by atoms with van der Waals surface area (Å²) in [6, 6.07) is 9.25. The molecule has 0 aliphatic rings. The lowest BCUT2D eigenvalue weighted by Crippen LogP contribution is -2.23. The first kappa shape index (κ1) is 18.7. The molecule has 0 fully saturated rings. The average molecular weight is 343 g/mol. The number of anilines is 2. The number of benzene rings is 1. The average Bonchev–Trinajstić information content (AvgIpc) is 2.62. The van der Waals surface area contributed by atoms with E-state index >= 15 is 0 Å². The predicted molar refractivity (Wildman–Crippen MR) is 99.1 cm³/mol. The number of aliphatic hydroxyl groups is 1. The van der Waals surface area contributed by atoms with Crippen LogP contribution in [0.25, 0.3) is 0 Å². The van der Waals surface area contributed by atoms with Crippen molar-refractivity contribution in [1.29, 1.82) is 0 Å². The number of nitrogens with one attached hydrogen (secondary N) is 2. The highest BCUT2D eigenvalue weighted by Crippen LogP contribution is 2.20. The van der Waals surface area contributed by atoms with Crippen molar-refractivity contribution in [2.45, 2.75) is 33.2 Å². The lowest BCUT2D eigenvalue weighted by molar-refractivity contribution is -0.118. The molecule has 25 heavy (non-hydrogen) atoms. The molecular weight excluding hydrogens is 318 g/mol. The quantitative estimate of drug-likeness (QED) is 0.686. The molecule has 1 aromatic heterocycles. The standard InChI is InChI=1S/C19H25N3O3/c1-4-15(11-23)21-18-9-8-16(10-20-18)22-19(24)12-25-17-7-5-6-13(2)14(17)3/h5-10,15,23H,4,11-12H2,1-3H3,(H,20,21)(H,22,24). The van der Waals surface area contributed by atoms with Gasteiger partial charge in [-0.15, -0.1) is 0 Å². The molecule has 1 heterocycles. The highest BCUT2D eigenvalue weighted by molar-refractivity contribution is 5.91. The van der Waals surface area contributed by atoms with Crippen molar-refractivity contribution in [3.05, 3.63) is 47.7 Å². The molecule has 6 heteroatoms. The minimum atomic E-state index is -0.245. The summed E-state index contributed by atoms with van der Waals surface area (Å²) in [5.41, 5.74) is 2.75. The van der Waals surface area contributed by atoms with Crippen LogP contribution in [0.3, 0.4) is 0 Å². The number of carbonyl (C=O) groups is 1. The van der Waals surface area contributed by atoms with E-state index in [4.69, 9.17) is 4.74 Å². The number of aryl methyl sites for hydroxylation is 1. The molecule has 0 saturated carbocycles. The Kier molecular flexibility index (Phi) is 6.77. The van der Waals surface area contributed by atoms with Gasteiger partial charge in [0.15, 0.2) is 6.61 Å². The summed E-state index contributed by atoms with van der Waals surface area (Å²) >= 11 is 0. The Morgan fingerprint density at radius 3 is 2.72 bits per heavy atom. The van der Waals surface area contributed by atoms with Crippen molar-refractivity contribution in [1.82, 2.24) is 4.98 Å². The molecule has 3 N–H and O–H groups in total. The van der Waals surface area contributed by atoms with Crippen LogP contribution in [0.15, 0.2) is 36.5 Å². The molecule has 0 aliphatic carbocycles. The maximum atomic E-state index is 12.0. The van der Waals surface area contributed by atoms with Crippen LogP contribution in [0.1, 0.15) is 24.5 Å². The monoisotopic (exact) mass is 343 g/mol. The minimum absolute atomic E-state index is 0.0288. The van der Waals surface area contributed by atoms with Crippen LogP contribution in [0.4, 0.5) is 11.5 Å². The molecule has 1 aromatic carbocycles. The van der Waals surface area contributed by atoms with Gasteiger partial charge < -0.3 is 20.5 Å². The maximum Gasteiger partial charge on any atom is 0.262 e. The second-order valence-electron chi connectivity index (χ2n) is 5.90. The predicted octanol–water partition coefficient (Wildman–Crippen LogP) is 2.90. The Labute approximate surface area is 148 Å². The van der Waals surface area contributed by atoms with E-state index in [9.17, 15) is 9.90 Å². The summed E-state index contributed by atoms with van der Waals surface area (Å²) in [6.07, 6.45) is 2.37. The molecule has 1 unspecified atom stereocenters. The molecule has 2 aromatic rings. The van der Waals surface area contributed by atoms with E-state index in [-0.39, 0.29) is 25.2 Å². The van der Waals surface area contributed by atoms with Crippen LogP contribution in [0, 0.1) is 13.8 Å². The fourth-order valence-electron chi connectivity index (χ4n) is 2.26. The number of amides is 1. The summed E-state index contributed by atoms with van der Waals surface area (Å²) in [5, 5.41) is 15.1. The van der Waals surface area contributed by atoms with Crippen molar-refractivity contribution in [3.8, 4) is 5.75 Å². The van der Waals surface area contributed by atoms with Gasteiger partial charge in [0.05, 0.1) is 24.5 Å². The number of aromatic nitrogens is 1. The Bertz CT molecular complexity index is 698. The topological polar surface area (TPSA) is 83.5 Å². The fourth-order valence-corrected chi connectivity index (χ4v) is 2.26. The Hall–Kier alpha value is -2.60. The first-order valence-corrected chi connectivity index (χ1v) is 8.35. The van der Waals surface area contributed by atoms with E-state index in [1.54, 1.807) is 18.3 Å². The van der Waals surface area contributed by atoms with E-state index in [0.29, 0.717) is 17.3 Å². The molecule has 2 rings (SSSR count). The molecule has 6 nitrogen and oxygen atoms in total. The van der Waals surface area contributed by atoms with Crippen LogP contribution in [-0.4, -0.2) is 35.3 Å². The third-order valence-electron chi connectivity index (χ3n) is 4.03. The van der Waals surface area contributed by atoms with Gasteiger partial charge in [-0.25, -0.2) is 4.98 Å². The molecule has 1 atom stereocenters. The number of hydrogen-bond donors (Lipinski definition) is 3. The number of nitrogens with zero attached hydrogens (tertiary/aromatic N) is 1. The van der Waals surface area contributed by atoms with E-state index in [1.807, 2.05) is 39.0 Å². The van der Waals surface area contributed by atoms with Gasteiger partial charge in [-0.1, -0.05) is 19.1 Å². The number of pyridine rings is 1. The van der Waals surface area contributed by atoms with Crippen LogP contribution in [-0.2, 0) is 4.79 Å². The van der Waals surface area contributed by atoms with E-state index in [2.05, 4.69) is 15.6 Å². The van der Waals surface area contributed by atoms with Crippen molar-refractivity contribution >= 4 is 17.4 Å². The third kappa shape index (κ3) is 5.46. The minimum Gasteiger partial charge on any atom is -0.483 e. The number of hydrogen-bond acceptors (Lipinski definition) is 5. The van der Waals surface area contributed by atoms with Crippen LogP contribution in [0.2, 0.25) is 0 Å². The molecule has 0 bridgehead atoms. The van der Waals surface area contributed by atoms with Gasteiger partial charge in [-0.3, -0.25) is 4.79 Å². The molecule has 134 valence electrons. The molecule has 0 spiro atoms. The highest BCUT2D eigenvalue weighted by atomic mass is 16.5. The number of rotatable bonds is 8. The number of aliphatic hydroxyl groups excluding tert-OH is 1. The van der Waals surface area contributed by atoms with E-state index in [0.717, 1.165) is 17.5 Å². The smallest absolute Gasteiger partial charge is 0.262 e. The molecule has 0 radical (unpaired) electrons. The summed E-state index contributed by atoms with van der Waals surface area (Å²) in [6.45, 7) is 5.94. The first-order chi connectivity index (χ1) is 12.0. The second kappa shape index (κ2) is 9.03. The van der Waals surface area contributed by atoms with Gasteiger partial charge in [-0.05, 0) is 49.6 Å². The maximum absolute atomic E-state index is 12.0. The van der Waals surface area contributed by atoms with E-state index < -0.39 is 0 Å². The van der Waals surface area contributed by atoms with Gasteiger partial charge >= 0.3 is 0 Å². The zero-order valence-corrected chi connectivity index (χ0v) is 14.9. The fraction of sp³-hybridized carbons (Fsp3) is 0.368. The summed E-state index contributed by atoms with van der Waals surface area (Å²) < 4.78 is 5.58. The van der Waals surface area contributed by atoms with Crippen molar-refractivity contribution < 1.29 is 14.6 Å². The Balaban J connectivity index is 1.87. The summed E-state index contributed by atoms with van der Waals surface area (Å²) in [5.74, 6) is 1.12. The van der Waals surface area contributed by atoms with Crippen LogP contribution in [0.5, 0.6) is 5.75 Å². The molecule has 0 saturated heterocycles. The lowest BCUT2D eigenvalue weighted by atomic mass is 10.1. The van der Waals surface area contributed by atoms with Crippen molar-refractivity contribution in [2.24, 2.45) is 0 Å². The lowest BCUT2D eigenvalue weighted by Gasteiger charge is -2.15. The summed E-state index contributed by atoms with van der Waals surface area (Å²) in [7, 11) is 0. The largest absolute Gasteiger partial charge is 0.483 e. The van der Waals surface area contributed by atoms with E-state index in [1.165, 1.54) is 0 Å². The molecule has 1 amide bonds. The van der Waals surface area contributed by atoms with Gasteiger partial charge in [0.1, 0.15) is 11.6 Å². The Morgan fingerprint density at radius 1 is 1.28 bits per heavy atom. The zero-order chi connectivity index (χ0) is 18.2. The van der Waals surface area contributed by atoms with Crippen molar-refractivity contribution in [3.63, 3.8) is 0 Å². The normalized spacial score (nSPS) is 11.7. The van der Waals surface area contributed by atoms with Crippen LogP contribution < -0.4 is 15.4 Å². The number of ether oxygens (including phenoxy) is 1. The van der Waals surface area contributed by atoms with Gasteiger partial charge in [-0.2, -0.15) is 0 Å². The van der Waals surface area contributed by atoms with Gasteiger partial charge in [0.25, 0.3) is 5.91 Å². The first-order valence-electron chi connectivity index (χ1n) is 8.35.